The molecule has 62 valence electrons. The number of halogens is 2. The summed E-state index contributed by atoms with van der Waals surface area (Å²) in [6.45, 7) is 0. The SMILES string of the molecule is Brc1nc(-c2ccoc2)c(Br)s1. The van der Waals surface area contributed by atoms with Crippen LogP contribution in [0.5, 0.6) is 0 Å². The Labute approximate surface area is 89.9 Å². The molecule has 0 aliphatic carbocycles. The smallest absolute Gasteiger partial charge is 0.160 e. The largest absolute Gasteiger partial charge is 0.472 e. The highest BCUT2D eigenvalue weighted by atomic mass is 79.9. The van der Waals surface area contributed by atoms with Crippen molar-refractivity contribution in [3.63, 3.8) is 0 Å². The molecule has 5 heteroatoms. The molecule has 0 saturated carbocycles. The zero-order valence-corrected chi connectivity index (χ0v) is 9.74. The van der Waals surface area contributed by atoms with E-state index in [4.69, 9.17) is 4.42 Å². The molecule has 2 nitrogen and oxygen atoms in total. The zero-order valence-electron chi connectivity index (χ0n) is 5.75. The lowest BCUT2D eigenvalue weighted by Gasteiger charge is -1.87. The quantitative estimate of drug-likeness (QED) is 0.798. The topological polar surface area (TPSA) is 26.0 Å². The van der Waals surface area contributed by atoms with Crippen LogP contribution in [0.3, 0.4) is 0 Å². The Bertz CT molecular complexity index is 382. The van der Waals surface area contributed by atoms with Crippen molar-refractivity contribution in [3.05, 3.63) is 26.3 Å². The maximum Gasteiger partial charge on any atom is 0.160 e. The van der Waals surface area contributed by atoms with Crippen LogP contribution in [0.1, 0.15) is 0 Å². The first-order valence-electron chi connectivity index (χ1n) is 3.12. The zero-order chi connectivity index (χ0) is 8.55. The van der Waals surface area contributed by atoms with Crippen LogP contribution in [0.2, 0.25) is 0 Å². The van der Waals surface area contributed by atoms with Gasteiger partial charge in [-0.15, -0.1) is 0 Å². The van der Waals surface area contributed by atoms with Crippen LogP contribution < -0.4 is 0 Å². The van der Waals surface area contributed by atoms with Crippen LogP contribution in [0.4, 0.5) is 0 Å². The first-order chi connectivity index (χ1) is 5.77. The summed E-state index contributed by atoms with van der Waals surface area (Å²) < 4.78 is 6.84. The molecule has 2 aromatic heterocycles. The van der Waals surface area contributed by atoms with Gasteiger partial charge in [0.15, 0.2) is 3.92 Å². The average molecular weight is 309 g/mol. The highest BCUT2D eigenvalue weighted by Gasteiger charge is 2.09. The van der Waals surface area contributed by atoms with Gasteiger partial charge in [0.05, 0.1) is 16.3 Å². The van der Waals surface area contributed by atoms with E-state index in [2.05, 4.69) is 36.8 Å². The third-order valence-corrected chi connectivity index (χ3v) is 3.51. The maximum atomic E-state index is 4.96. The van der Waals surface area contributed by atoms with E-state index < -0.39 is 0 Å². The Hall–Kier alpha value is -0.130. The van der Waals surface area contributed by atoms with E-state index >= 15 is 0 Å². The molecule has 2 aromatic rings. The number of hydrogen-bond acceptors (Lipinski definition) is 3. The molecular formula is C7H3Br2NOS. The van der Waals surface area contributed by atoms with E-state index in [9.17, 15) is 0 Å². The van der Waals surface area contributed by atoms with Gasteiger partial charge in [0.25, 0.3) is 0 Å². The van der Waals surface area contributed by atoms with E-state index in [0.29, 0.717) is 0 Å². The lowest BCUT2D eigenvalue weighted by Crippen LogP contribution is -1.72. The van der Waals surface area contributed by atoms with Gasteiger partial charge < -0.3 is 4.42 Å². The minimum absolute atomic E-state index is 0.866. The van der Waals surface area contributed by atoms with Crippen LogP contribution in [-0.2, 0) is 0 Å². The number of rotatable bonds is 1. The van der Waals surface area contributed by atoms with Crippen LogP contribution in [0.25, 0.3) is 11.3 Å². The predicted octanol–water partition coefficient (Wildman–Crippen LogP) is 3.93. The lowest BCUT2D eigenvalue weighted by molar-refractivity contribution is 0.568. The summed E-state index contributed by atoms with van der Waals surface area (Å²) in [7, 11) is 0. The van der Waals surface area contributed by atoms with Crippen LogP contribution in [0.15, 0.2) is 30.7 Å². The monoisotopic (exact) mass is 307 g/mol. The van der Waals surface area contributed by atoms with Crippen molar-refractivity contribution in [3.8, 4) is 11.3 Å². The van der Waals surface area contributed by atoms with Crippen molar-refractivity contribution >= 4 is 43.2 Å². The molecule has 0 radical (unpaired) electrons. The molecule has 0 N–H and O–H groups in total. The van der Waals surface area contributed by atoms with Gasteiger partial charge in [-0.2, -0.15) is 0 Å². The number of furan rings is 1. The fraction of sp³-hybridized carbons (Fsp3) is 0. The van der Waals surface area contributed by atoms with Crippen molar-refractivity contribution in [1.29, 1.82) is 0 Å². The molecule has 2 heterocycles. The van der Waals surface area contributed by atoms with Gasteiger partial charge >= 0.3 is 0 Å². The van der Waals surface area contributed by atoms with Crippen molar-refractivity contribution < 1.29 is 4.42 Å². The van der Waals surface area contributed by atoms with Crippen molar-refractivity contribution in [2.75, 3.05) is 0 Å². The molecule has 0 unspecified atom stereocenters. The van der Waals surface area contributed by atoms with Gasteiger partial charge in [0.2, 0.25) is 0 Å². The minimum atomic E-state index is 0.866. The second-order valence-corrected chi connectivity index (χ2v) is 5.69. The van der Waals surface area contributed by atoms with Crippen molar-refractivity contribution in [2.45, 2.75) is 0 Å². The minimum Gasteiger partial charge on any atom is -0.472 e. The van der Waals surface area contributed by atoms with E-state index in [1.807, 2.05) is 6.07 Å². The highest BCUT2D eigenvalue weighted by molar-refractivity contribution is 9.12. The fourth-order valence-corrected chi connectivity index (χ4v) is 3.49. The first kappa shape index (κ1) is 8.47. The Kier molecular flexibility index (Phi) is 2.34. The fourth-order valence-electron chi connectivity index (χ4n) is 0.854. The average Bonchev–Trinajstić information content (AvgIpc) is 2.58. The molecule has 12 heavy (non-hydrogen) atoms. The number of aromatic nitrogens is 1. The van der Waals surface area contributed by atoms with Gasteiger partial charge in [-0.3, -0.25) is 0 Å². The van der Waals surface area contributed by atoms with E-state index in [1.165, 1.54) is 0 Å². The molecular weight excluding hydrogens is 306 g/mol. The van der Waals surface area contributed by atoms with Gasteiger partial charge in [0, 0.05) is 5.56 Å². The Morgan fingerprint density at radius 3 is 2.75 bits per heavy atom. The maximum absolute atomic E-state index is 4.96. The standard InChI is InChI=1S/C7H3Br2NOS/c8-6-5(10-7(9)12-6)4-1-2-11-3-4/h1-3H. The van der Waals surface area contributed by atoms with Gasteiger partial charge in [0.1, 0.15) is 5.69 Å². The molecule has 0 aliphatic heterocycles. The van der Waals surface area contributed by atoms with E-state index in [-0.39, 0.29) is 0 Å². The second-order valence-electron chi connectivity index (χ2n) is 2.10. The Morgan fingerprint density at radius 1 is 1.42 bits per heavy atom. The third-order valence-electron chi connectivity index (χ3n) is 1.35. The van der Waals surface area contributed by atoms with Crippen LogP contribution >= 0.6 is 43.2 Å². The van der Waals surface area contributed by atoms with Crippen LogP contribution in [0, 0.1) is 0 Å². The van der Waals surface area contributed by atoms with Gasteiger partial charge in [-0.05, 0) is 37.9 Å². The van der Waals surface area contributed by atoms with Crippen molar-refractivity contribution in [2.24, 2.45) is 0 Å². The molecule has 2 rings (SSSR count). The lowest BCUT2D eigenvalue weighted by atomic mass is 10.3. The highest BCUT2D eigenvalue weighted by Crippen LogP contribution is 2.35. The number of nitrogens with zero attached hydrogens (tertiary/aromatic N) is 1. The van der Waals surface area contributed by atoms with E-state index in [0.717, 1.165) is 19.0 Å². The molecule has 0 bridgehead atoms. The summed E-state index contributed by atoms with van der Waals surface area (Å²) in [4.78, 5) is 4.28. The number of hydrogen-bond donors (Lipinski definition) is 0. The van der Waals surface area contributed by atoms with Crippen molar-refractivity contribution in [1.82, 2.24) is 4.98 Å². The summed E-state index contributed by atoms with van der Waals surface area (Å²) in [5.74, 6) is 0. The first-order valence-corrected chi connectivity index (χ1v) is 5.52. The summed E-state index contributed by atoms with van der Waals surface area (Å²) >= 11 is 8.29. The molecule has 0 saturated heterocycles. The predicted molar refractivity (Wildman–Crippen MR) is 55.2 cm³/mol. The molecule has 0 amide bonds. The summed E-state index contributed by atoms with van der Waals surface area (Å²) in [5.41, 5.74) is 1.91. The molecule has 0 spiro atoms. The number of thiazole rings is 1. The molecule has 0 fully saturated rings. The normalized spacial score (nSPS) is 10.5. The van der Waals surface area contributed by atoms with Gasteiger partial charge in [-0.1, -0.05) is 11.3 Å². The molecule has 0 atom stereocenters. The summed E-state index contributed by atoms with van der Waals surface area (Å²) in [5, 5.41) is 0. The molecule has 0 aliphatic rings. The molecule has 0 aromatic carbocycles. The summed E-state index contributed by atoms with van der Waals surface area (Å²) in [6.07, 6.45) is 3.31. The Balaban J connectivity index is 2.54. The third kappa shape index (κ3) is 1.48. The second kappa shape index (κ2) is 3.32. The summed E-state index contributed by atoms with van der Waals surface area (Å²) in [6, 6.07) is 1.88. The van der Waals surface area contributed by atoms with Crippen LogP contribution in [-0.4, -0.2) is 4.98 Å². The van der Waals surface area contributed by atoms with E-state index in [1.54, 1.807) is 23.9 Å². The Morgan fingerprint density at radius 2 is 2.25 bits per heavy atom. The van der Waals surface area contributed by atoms with Gasteiger partial charge in [-0.25, -0.2) is 4.98 Å².